The zero-order valence-corrected chi connectivity index (χ0v) is 11.2. The third-order valence-electron chi connectivity index (χ3n) is 2.31. The molecule has 0 saturated carbocycles. The van der Waals surface area contributed by atoms with Crippen LogP contribution in [0.3, 0.4) is 0 Å². The standard InChI is InChI=1S/C11H10N4O5S/c16-10-5-4-9(14-15-10)13-11(17)12-7-2-1-3-8(6-7)21(18,19)20/h1-6H,(H,15,16)(H,18,19,20)(H2,12,13,14,17). The highest BCUT2D eigenvalue weighted by Crippen LogP contribution is 2.15. The van der Waals surface area contributed by atoms with E-state index in [2.05, 4.69) is 20.8 Å². The van der Waals surface area contributed by atoms with Gasteiger partial charge >= 0.3 is 6.03 Å². The molecule has 0 fully saturated rings. The molecular formula is C11H10N4O5S. The summed E-state index contributed by atoms with van der Waals surface area (Å²) in [7, 11) is -4.35. The number of hydrogen-bond acceptors (Lipinski definition) is 5. The number of hydrogen-bond donors (Lipinski definition) is 4. The zero-order valence-electron chi connectivity index (χ0n) is 10.4. The number of benzene rings is 1. The summed E-state index contributed by atoms with van der Waals surface area (Å²) in [5, 5.41) is 10.4. The van der Waals surface area contributed by atoms with Crippen LogP contribution in [0.1, 0.15) is 0 Å². The molecule has 0 atom stereocenters. The molecule has 0 saturated heterocycles. The van der Waals surface area contributed by atoms with Crippen LogP contribution in [0, 0.1) is 0 Å². The molecule has 2 aromatic rings. The number of aromatic amines is 1. The molecule has 10 heteroatoms. The fraction of sp³-hybridized carbons (Fsp3) is 0. The largest absolute Gasteiger partial charge is 0.324 e. The fourth-order valence-electron chi connectivity index (χ4n) is 1.43. The number of carbonyl (C=O) groups is 1. The maximum Gasteiger partial charge on any atom is 0.324 e. The number of amides is 2. The first-order valence-corrected chi connectivity index (χ1v) is 7.00. The second-order valence-corrected chi connectivity index (χ2v) is 5.31. The van der Waals surface area contributed by atoms with Gasteiger partial charge in [0.15, 0.2) is 5.82 Å². The molecule has 0 aliphatic rings. The van der Waals surface area contributed by atoms with Crippen molar-refractivity contribution in [3.05, 3.63) is 46.8 Å². The van der Waals surface area contributed by atoms with Gasteiger partial charge in [-0.05, 0) is 24.3 Å². The molecule has 0 aliphatic carbocycles. The van der Waals surface area contributed by atoms with Gasteiger partial charge in [-0.1, -0.05) is 6.07 Å². The molecular weight excluding hydrogens is 300 g/mol. The van der Waals surface area contributed by atoms with E-state index in [4.69, 9.17) is 4.55 Å². The lowest BCUT2D eigenvalue weighted by Crippen LogP contribution is -2.21. The molecule has 0 unspecified atom stereocenters. The molecule has 1 aromatic heterocycles. The molecule has 1 heterocycles. The molecule has 2 rings (SSSR count). The Hall–Kier alpha value is -2.72. The molecule has 110 valence electrons. The minimum atomic E-state index is -4.35. The Morgan fingerprint density at radius 1 is 1.19 bits per heavy atom. The highest BCUT2D eigenvalue weighted by Gasteiger charge is 2.11. The van der Waals surface area contributed by atoms with E-state index in [0.717, 1.165) is 6.07 Å². The normalized spacial score (nSPS) is 10.9. The van der Waals surface area contributed by atoms with Gasteiger partial charge in [0, 0.05) is 11.8 Å². The van der Waals surface area contributed by atoms with Gasteiger partial charge in [0.05, 0.1) is 4.90 Å². The van der Waals surface area contributed by atoms with E-state index < -0.39 is 21.7 Å². The number of nitrogens with one attached hydrogen (secondary N) is 3. The van der Waals surface area contributed by atoms with Gasteiger partial charge in [0.1, 0.15) is 0 Å². The maximum absolute atomic E-state index is 11.7. The second kappa shape index (κ2) is 5.73. The lowest BCUT2D eigenvalue weighted by Gasteiger charge is -2.07. The lowest BCUT2D eigenvalue weighted by atomic mass is 10.3. The van der Waals surface area contributed by atoms with Crippen LogP contribution in [-0.4, -0.2) is 29.2 Å². The first-order chi connectivity index (χ1) is 9.84. The number of urea groups is 1. The van der Waals surface area contributed by atoms with Crippen molar-refractivity contribution in [3.63, 3.8) is 0 Å². The van der Waals surface area contributed by atoms with Crippen LogP contribution in [0.15, 0.2) is 46.1 Å². The molecule has 0 aliphatic heterocycles. The van der Waals surface area contributed by atoms with E-state index >= 15 is 0 Å². The minimum Gasteiger partial charge on any atom is -0.308 e. The van der Waals surface area contributed by atoms with Crippen molar-refractivity contribution in [2.24, 2.45) is 0 Å². The van der Waals surface area contributed by atoms with Crippen LogP contribution in [0.2, 0.25) is 0 Å². The Labute approximate surface area is 118 Å². The quantitative estimate of drug-likeness (QED) is 0.614. The van der Waals surface area contributed by atoms with E-state index in [0.29, 0.717) is 0 Å². The van der Waals surface area contributed by atoms with E-state index in [1.165, 1.54) is 30.3 Å². The summed E-state index contributed by atoms with van der Waals surface area (Å²) in [6.45, 7) is 0. The Morgan fingerprint density at radius 2 is 1.95 bits per heavy atom. The van der Waals surface area contributed by atoms with Crippen LogP contribution >= 0.6 is 0 Å². The molecule has 0 radical (unpaired) electrons. The smallest absolute Gasteiger partial charge is 0.308 e. The van der Waals surface area contributed by atoms with E-state index in [9.17, 15) is 18.0 Å². The Bertz CT molecular complexity index is 810. The average Bonchev–Trinajstić information content (AvgIpc) is 2.41. The van der Waals surface area contributed by atoms with Crippen molar-refractivity contribution in [1.29, 1.82) is 0 Å². The highest BCUT2D eigenvalue weighted by molar-refractivity contribution is 7.85. The van der Waals surface area contributed by atoms with E-state index in [1.54, 1.807) is 0 Å². The predicted molar refractivity (Wildman–Crippen MR) is 73.8 cm³/mol. The topological polar surface area (TPSA) is 141 Å². The van der Waals surface area contributed by atoms with Crippen molar-refractivity contribution < 1.29 is 17.8 Å². The summed E-state index contributed by atoms with van der Waals surface area (Å²) in [5.41, 5.74) is -0.256. The number of carbonyl (C=O) groups excluding carboxylic acids is 1. The summed E-state index contributed by atoms with van der Waals surface area (Å²) >= 11 is 0. The molecule has 0 bridgehead atoms. The van der Waals surface area contributed by atoms with Crippen LogP contribution in [0.4, 0.5) is 16.3 Å². The molecule has 2 amide bonds. The van der Waals surface area contributed by atoms with Gasteiger partial charge in [0.25, 0.3) is 15.7 Å². The number of rotatable bonds is 3. The van der Waals surface area contributed by atoms with Gasteiger partial charge in [-0.2, -0.15) is 13.5 Å². The van der Waals surface area contributed by atoms with Crippen LogP contribution in [0.25, 0.3) is 0 Å². The van der Waals surface area contributed by atoms with Crippen molar-refractivity contribution >= 4 is 27.7 Å². The van der Waals surface area contributed by atoms with Crippen molar-refractivity contribution in [2.45, 2.75) is 4.90 Å². The van der Waals surface area contributed by atoms with Crippen molar-refractivity contribution in [3.8, 4) is 0 Å². The summed E-state index contributed by atoms with van der Waals surface area (Å²) < 4.78 is 30.9. The Morgan fingerprint density at radius 3 is 2.57 bits per heavy atom. The summed E-state index contributed by atoms with van der Waals surface area (Å²) in [6, 6.07) is 6.86. The zero-order chi connectivity index (χ0) is 15.5. The first-order valence-electron chi connectivity index (χ1n) is 5.56. The van der Waals surface area contributed by atoms with Crippen molar-refractivity contribution in [1.82, 2.24) is 10.2 Å². The Balaban J connectivity index is 2.09. The monoisotopic (exact) mass is 310 g/mol. The number of nitrogens with zero attached hydrogens (tertiary/aromatic N) is 1. The van der Waals surface area contributed by atoms with Crippen LogP contribution in [0.5, 0.6) is 0 Å². The number of aromatic nitrogens is 2. The number of anilines is 2. The van der Waals surface area contributed by atoms with Gasteiger partial charge < -0.3 is 5.32 Å². The Kier molecular flexibility index (Phi) is 4.00. The van der Waals surface area contributed by atoms with Gasteiger partial charge in [-0.3, -0.25) is 14.7 Å². The van der Waals surface area contributed by atoms with Crippen LogP contribution < -0.4 is 16.2 Å². The van der Waals surface area contributed by atoms with E-state index in [-0.39, 0.29) is 16.4 Å². The van der Waals surface area contributed by atoms with Gasteiger partial charge in [-0.25, -0.2) is 9.89 Å². The highest BCUT2D eigenvalue weighted by atomic mass is 32.2. The SMILES string of the molecule is O=C(Nc1cccc(S(=O)(=O)O)c1)Nc1ccc(=O)[nH]n1. The third-order valence-corrected chi connectivity index (χ3v) is 3.16. The number of H-pyrrole nitrogens is 1. The fourth-order valence-corrected chi connectivity index (χ4v) is 1.95. The molecule has 21 heavy (non-hydrogen) atoms. The average molecular weight is 310 g/mol. The second-order valence-electron chi connectivity index (χ2n) is 3.89. The van der Waals surface area contributed by atoms with Crippen molar-refractivity contribution in [2.75, 3.05) is 10.6 Å². The van der Waals surface area contributed by atoms with Crippen LogP contribution in [-0.2, 0) is 10.1 Å². The van der Waals surface area contributed by atoms with Gasteiger partial charge in [-0.15, -0.1) is 0 Å². The predicted octanol–water partition coefficient (Wildman–Crippen LogP) is 0.661. The molecule has 4 N–H and O–H groups in total. The molecule has 0 spiro atoms. The summed E-state index contributed by atoms with van der Waals surface area (Å²) in [6.07, 6.45) is 0. The minimum absolute atomic E-state index is 0.109. The molecule has 1 aromatic carbocycles. The summed E-state index contributed by atoms with van der Waals surface area (Å²) in [5.74, 6) is 0.109. The third kappa shape index (κ3) is 4.12. The molecule has 9 nitrogen and oxygen atoms in total. The lowest BCUT2D eigenvalue weighted by molar-refractivity contribution is 0.262. The summed E-state index contributed by atoms with van der Waals surface area (Å²) in [4.78, 5) is 22.1. The first kappa shape index (κ1) is 14.7. The van der Waals surface area contributed by atoms with E-state index in [1.807, 2.05) is 0 Å². The maximum atomic E-state index is 11.7. The van der Waals surface area contributed by atoms with Gasteiger partial charge in [0.2, 0.25) is 0 Å².